The van der Waals surface area contributed by atoms with Gasteiger partial charge in [0.1, 0.15) is 21.7 Å². The SMILES string of the molecule is O=C(O)c1c(Nc2ccccc2)nc2[nH]c(=S)[nH]c(=S)c2c1-c1ccccc1. The number of anilines is 2. The monoisotopic (exact) mass is 406 g/mol. The highest BCUT2D eigenvalue weighted by atomic mass is 32.1. The Morgan fingerprint density at radius 1 is 0.964 bits per heavy atom. The molecule has 2 heterocycles. The molecule has 0 aliphatic rings. The minimum Gasteiger partial charge on any atom is -0.478 e. The van der Waals surface area contributed by atoms with Crippen LogP contribution in [0.15, 0.2) is 60.7 Å². The van der Waals surface area contributed by atoms with Crippen molar-refractivity contribution in [3.05, 3.63) is 75.6 Å². The lowest BCUT2D eigenvalue weighted by Crippen LogP contribution is -2.09. The zero-order valence-corrected chi connectivity index (χ0v) is 16.0. The summed E-state index contributed by atoms with van der Waals surface area (Å²) in [4.78, 5) is 22.6. The molecule has 8 heteroatoms. The Morgan fingerprint density at radius 2 is 1.61 bits per heavy atom. The van der Waals surface area contributed by atoms with Gasteiger partial charge in [0.15, 0.2) is 4.77 Å². The van der Waals surface area contributed by atoms with E-state index in [2.05, 4.69) is 20.3 Å². The van der Waals surface area contributed by atoms with Crippen LogP contribution in [0.1, 0.15) is 10.4 Å². The van der Waals surface area contributed by atoms with E-state index in [-0.39, 0.29) is 11.4 Å². The number of aromatic carboxylic acids is 1. The van der Waals surface area contributed by atoms with Gasteiger partial charge in [-0.2, -0.15) is 0 Å². The summed E-state index contributed by atoms with van der Waals surface area (Å²) in [5.74, 6) is -0.903. The molecule has 0 spiro atoms. The summed E-state index contributed by atoms with van der Waals surface area (Å²) in [5, 5.41) is 13.6. The molecule has 0 aliphatic heterocycles. The van der Waals surface area contributed by atoms with Gasteiger partial charge in [0.05, 0.1) is 5.39 Å². The van der Waals surface area contributed by atoms with Crippen molar-refractivity contribution in [2.24, 2.45) is 0 Å². The van der Waals surface area contributed by atoms with Gasteiger partial charge in [0.2, 0.25) is 0 Å². The molecule has 2 aromatic heterocycles. The molecule has 28 heavy (non-hydrogen) atoms. The van der Waals surface area contributed by atoms with Gasteiger partial charge in [0, 0.05) is 11.3 Å². The Morgan fingerprint density at radius 3 is 2.25 bits per heavy atom. The first-order chi connectivity index (χ1) is 13.5. The number of carboxylic acid groups (broad SMARTS) is 1. The fourth-order valence-electron chi connectivity index (χ4n) is 3.05. The van der Waals surface area contributed by atoms with Crippen LogP contribution in [0.3, 0.4) is 0 Å². The topological polar surface area (TPSA) is 93.8 Å². The van der Waals surface area contributed by atoms with Crippen molar-refractivity contribution in [2.75, 3.05) is 5.32 Å². The molecule has 6 nitrogen and oxygen atoms in total. The van der Waals surface area contributed by atoms with Crippen molar-refractivity contribution in [3.8, 4) is 11.1 Å². The summed E-state index contributed by atoms with van der Waals surface area (Å²) in [5.41, 5.74) is 2.36. The average molecular weight is 406 g/mol. The van der Waals surface area contributed by atoms with Crippen LogP contribution in [0.2, 0.25) is 0 Å². The predicted molar refractivity (Wildman–Crippen MR) is 114 cm³/mol. The van der Waals surface area contributed by atoms with E-state index in [0.717, 1.165) is 5.69 Å². The summed E-state index contributed by atoms with van der Waals surface area (Å²) >= 11 is 10.6. The van der Waals surface area contributed by atoms with Gasteiger partial charge in [-0.3, -0.25) is 0 Å². The molecule has 4 aromatic rings. The molecule has 0 atom stereocenters. The average Bonchev–Trinajstić information content (AvgIpc) is 2.68. The highest BCUT2D eigenvalue weighted by molar-refractivity contribution is 7.72. The van der Waals surface area contributed by atoms with Crippen molar-refractivity contribution in [3.63, 3.8) is 0 Å². The maximum atomic E-state index is 12.3. The number of hydrogen-bond acceptors (Lipinski definition) is 5. The molecule has 0 saturated heterocycles. The van der Waals surface area contributed by atoms with Crippen molar-refractivity contribution < 1.29 is 9.90 Å². The molecule has 138 valence electrons. The number of para-hydroxylation sites is 1. The Balaban J connectivity index is 2.13. The first kappa shape index (κ1) is 18.0. The van der Waals surface area contributed by atoms with Crippen LogP contribution >= 0.6 is 24.4 Å². The van der Waals surface area contributed by atoms with E-state index < -0.39 is 5.97 Å². The highest BCUT2D eigenvalue weighted by Crippen LogP contribution is 2.36. The van der Waals surface area contributed by atoms with Crippen LogP contribution in [0.5, 0.6) is 0 Å². The molecule has 0 unspecified atom stereocenters. The number of hydrogen-bond donors (Lipinski definition) is 4. The number of H-pyrrole nitrogens is 2. The summed E-state index contributed by atoms with van der Waals surface area (Å²) in [7, 11) is 0. The smallest absolute Gasteiger partial charge is 0.340 e. The lowest BCUT2D eigenvalue weighted by atomic mass is 9.97. The fraction of sp³-hybridized carbons (Fsp3) is 0. The van der Waals surface area contributed by atoms with Gasteiger partial charge < -0.3 is 20.4 Å². The van der Waals surface area contributed by atoms with E-state index in [1.54, 1.807) is 0 Å². The first-order valence-corrected chi connectivity index (χ1v) is 9.17. The zero-order valence-electron chi connectivity index (χ0n) is 14.4. The Hall–Kier alpha value is -3.36. The van der Waals surface area contributed by atoms with Crippen LogP contribution < -0.4 is 5.32 Å². The lowest BCUT2D eigenvalue weighted by molar-refractivity contribution is 0.0698. The number of nitrogens with one attached hydrogen (secondary N) is 3. The van der Waals surface area contributed by atoms with Crippen LogP contribution in [-0.4, -0.2) is 26.0 Å². The van der Waals surface area contributed by atoms with E-state index in [1.807, 2.05) is 60.7 Å². The van der Waals surface area contributed by atoms with E-state index in [0.29, 0.717) is 31.6 Å². The quantitative estimate of drug-likeness (QED) is 0.336. The second-order valence-electron chi connectivity index (χ2n) is 6.00. The second-order valence-corrected chi connectivity index (χ2v) is 6.82. The molecule has 2 aromatic carbocycles. The summed E-state index contributed by atoms with van der Waals surface area (Å²) < 4.78 is 0.650. The van der Waals surface area contributed by atoms with Gasteiger partial charge >= 0.3 is 5.97 Å². The number of carbonyl (C=O) groups is 1. The highest BCUT2D eigenvalue weighted by Gasteiger charge is 2.23. The van der Waals surface area contributed by atoms with E-state index in [1.165, 1.54) is 0 Å². The van der Waals surface area contributed by atoms with Crippen molar-refractivity contribution in [1.82, 2.24) is 15.0 Å². The largest absolute Gasteiger partial charge is 0.478 e. The molecule has 4 N–H and O–H groups in total. The zero-order chi connectivity index (χ0) is 19.7. The third-order valence-electron chi connectivity index (χ3n) is 4.20. The standard InChI is InChI=1S/C20H14N4O2S2/c25-19(26)15-13(11-7-3-1-4-8-11)14-16(23-20(28)24-18(14)27)22-17(15)21-12-9-5-2-6-10-12/h1-10H,(H,25,26)(H3,21,22,23,24,27,28). The molecule has 0 amide bonds. The fourth-order valence-corrected chi connectivity index (χ4v) is 3.62. The lowest BCUT2D eigenvalue weighted by Gasteiger charge is -2.16. The van der Waals surface area contributed by atoms with Crippen LogP contribution in [-0.2, 0) is 0 Å². The summed E-state index contributed by atoms with van der Waals surface area (Å²) in [6.07, 6.45) is 0. The number of pyridine rings is 1. The molecule has 0 aliphatic carbocycles. The Labute approximate surface area is 169 Å². The van der Waals surface area contributed by atoms with Crippen molar-refractivity contribution in [1.29, 1.82) is 0 Å². The van der Waals surface area contributed by atoms with Crippen molar-refractivity contribution >= 4 is 52.9 Å². The first-order valence-electron chi connectivity index (χ1n) is 8.35. The van der Waals surface area contributed by atoms with E-state index in [4.69, 9.17) is 24.4 Å². The molecule has 4 rings (SSSR count). The molecule has 0 fully saturated rings. The number of carboxylic acids is 1. The number of rotatable bonds is 4. The third-order valence-corrected chi connectivity index (χ3v) is 4.71. The van der Waals surface area contributed by atoms with E-state index in [9.17, 15) is 9.90 Å². The molecule has 0 bridgehead atoms. The Kier molecular flexibility index (Phi) is 4.72. The molecular formula is C20H14N4O2S2. The number of fused-ring (bicyclic) bond motifs is 1. The number of nitrogens with zero attached hydrogens (tertiary/aromatic N) is 1. The van der Waals surface area contributed by atoms with Gasteiger partial charge in [-0.15, -0.1) is 0 Å². The molecular weight excluding hydrogens is 392 g/mol. The Bertz CT molecular complexity index is 1300. The summed E-state index contributed by atoms with van der Waals surface area (Å²) in [6, 6.07) is 18.5. The van der Waals surface area contributed by atoms with Gasteiger partial charge in [-0.25, -0.2) is 9.78 Å². The minimum absolute atomic E-state index is 0.0348. The maximum Gasteiger partial charge on any atom is 0.340 e. The van der Waals surface area contributed by atoms with Crippen LogP contribution in [0, 0.1) is 9.41 Å². The predicted octanol–water partition coefficient (Wildman–Crippen LogP) is 5.46. The van der Waals surface area contributed by atoms with Gasteiger partial charge in [0.25, 0.3) is 0 Å². The molecule has 0 radical (unpaired) electrons. The number of benzene rings is 2. The number of aromatic amines is 2. The van der Waals surface area contributed by atoms with Crippen LogP contribution in [0.4, 0.5) is 11.5 Å². The third kappa shape index (κ3) is 3.30. The van der Waals surface area contributed by atoms with E-state index >= 15 is 0 Å². The summed E-state index contributed by atoms with van der Waals surface area (Å²) in [6.45, 7) is 0. The minimum atomic E-state index is -1.11. The van der Waals surface area contributed by atoms with Crippen molar-refractivity contribution in [2.45, 2.75) is 0 Å². The molecule has 0 saturated carbocycles. The second kappa shape index (κ2) is 7.34. The maximum absolute atomic E-state index is 12.3. The van der Waals surface area contributed by atoms with Gasteiger partial charge in [-0.1, -0.05) is 60.7 Å². The van der Waals surface area contributed by atoms with Crippen LogP contribution in [0.25, 0.3) is 22.2 Å². The van der Waals surface area contributed by atoms with Gasteiger partial charge in [-0.05, 0) is 29.9 Å². The number of aromatic nitrogens is 3. The normalized spacial score (nSPS) is 10.7.